The fraction of sp³-hybridized carbons (Fsp3) is 0.143. The second-order valence-corrected chi connectivity index (χ2v) is 5.56. The summed E-state index contributed by atoms with van der Waals surface area (Å²) in [7, 11) is 0. The van der Waals surface area contributed by atoms with Crippen LogP contribution in [-0.2, 0) is 0 Å². The zero-order valence-corrected chi connectivity index (χ0v) is 12.8. The minimum Gasteiger partial charge on any atom is -0.389 e. The van der Waals surface area contributed by atoms with Crippen LogP contribution < -0.4 is 11.1 Å². The third-order valence-corrected chi connectivity index (χ3v) is 3.52. The number of rotatable bonds is 4. The van der Waals surface area contributed by atoms with Crippen molar-refractivity contribution in [3.05, 3.63) is 58.3 Å². The summed E-state index contributed by atoms with van der Waals surface area (Å²) in [6.07, 6.45) is 3.60. The van der Waals surface area contributed by atoms with Crippen LogP contribution in [0.4, 0.5) is 5.69 Å². The topological polar surface area (TPSA) is 50.9 Å². The van der Waals surface area contributed by atoms with Gasteiger partial charge < -0.3 is 11.1 Å². The van der Waals surface area contributed by atoms with Gasteiger partial charge in [-0.25, -0.2) is 0 Å². The Labute approximate surface area is 126 Å². The maximum Gasteiger partial charge on any atom is 0.106 e. The Kier molecular flexibility index (Phi) is 4.50. The first-order valence-electron chi connectivity index (χ1n) is 5.83. The Bertz CT molecular complexity index is 586. The van der Waals surface area contributed by atoms with E-state index in [1.807, 2.05) is 36.5 Å². The van der Waals surface area contributed by atoms with Gasteiger partial charge in [-0.1, -0.05) is 34.2 Å². The molecule has 98 valence electrons. The van der Waals surface area contributed by atoms with Gasteiger partial charge in [-0.3, -0.25) is 4.98 Å². The highest BCUT2D eigenvalue weighted by atomic mass is 79.9. The quantitative estimate of drug-likeness (QED) is 0.837. The number of pyridine rings is 1. The van der Waals surface area contributed by atoms with E-state index in [1.165, 1.54) is 0 Å². The minimum absolute atomic E-state index is 0.128. The van der Waals surface area contributed by atoms with Crippen LogP contribution in [0.25, 0.3) is 0 Å². The summed E-state index contributed by atoms with van der Waals surface area (Å²) in [6, 6.07) is 9.92. The fourth-order valence-corrected chi connectivity index (χ4v) is 2.32. The van der Waals surface area contributed by atoms with Crippen molar-refractivity contribution in [2.75, 3.05) is 5.32 Å². The number of anilines is 1. The van der Waals surface area contributed by atoms with Gasteiger partial charge in [-0.05, 0) is 36.8 Å². The largest absolute Gasteiger partial charge is 0.389 e. The van der Waals surface area contributed by atoms with Crippen molar-refractivity contribution in [2.24, 2.45) is 5.73 Å². The molecule has 1 aromatic heterocycles. The maximum atomic E-state index is 5.76. The molecular formula is C14H14BrN3S. The average Bonchev–Trinajstić information content (AvgIpc) is 2.41. The van der Waals surface area contributed by atoms with E-state index in [-0.39, 0.29) is 6.04 Å². The van der Waals surface area contributed by atoms with Crippen molar-refractivity contribution in [1.29, 1.82) is 0 Å². The maximum absolute atomic E-state index is 5.76. The normalized spacial score (nSPS) is 11.9. The fourth-order valence-electron chi connectivity index (χ4n) is 1.79. The second-order valence-electron chi connectivity index (χ2n) is 4.21. The van der Waals surface area contributed by atoms with Gasteiger partial charge >= 0.3 is 0 Å². The number of thiocarbonyl (C=S) groups is 1. The molecule has 2 rings (SSSR count). The van der Waals surface area contributed by atoms with E-state index in [2.05, 4.69) is 33.2 Å². The zero-order valence-electron chi connectivity index (χ0n) is 10.4. The van der Waals surface area contributed by atoms with Gasteiger partial charge in [0, 0.05) is 28.1 Å². The Morgan fingerprint density at radius 2 is 2.21 bits per heavy atom. The molecule has 1 aromatic carbocycles. The number of aromatic nitrogens is 1. The predicted octanol–water partition coefficient (Wildman–Crippen LogP) is 3.65. The molecule has 0 radical (unpaired) electrons. The van der Waals surface area contributed by atoms with Crippen LogP contribution in [0.15, 0.2) is 47.2 Å². The average molecular weight is 336 g/mol. The third kappa shape index (κ3) is 3.52. The van der Waals surface area contributed by atoms with Crippen molar-refractivity contribution in [2.45, 2.75) is 13.0 Å². The first-order valence-corrected chi connectivity index (χ1v) is 7.04. The molecule has 5 heteroatoms. The van der Waals surface area contributed by atoms with Crippen molar-refractivity contribution in [3.8, 4) is 0 Å². The number of hydrogen-bond acceptors (Lipinski definition) is 3. The van der Waals surface area contributed by atoms with E-state index < -0.39 is 0 Å². The molecule has 19 heavy (non-hydrogen) atoms. The highest BCUT2D eigenvalue weighted by molar-refractivity contribution is 9.10. The third-order valence-electron chi connectivity index (χ3n) is 2.80. The lowest BCUT2D eigenvalue weighted by molar-refractivity contribution is 0.875. The Hall–Kier alpha value is -1.46. The molecular weight excluding hydrogens is 322 g/mol. The summed E-state index contributed by atoms with van der Waals surface area (Å²) < 4.78 is 0.954. The molecule has 0 fully saturated rings. The number of nitrogens with one attached hydrogen (secondary N) is 1. The lowest BCUT2D eigenvalue weighted by atomic mass is 10.1. The minimum atomic E-state index is 0.128. The SMILES string of the molecule is CC(Nc1ccc(Br)cc1C(N)=S)c1cccnc1. The van der Waals surface area contributed by atoms with E-state index in [4.69, 9.17) is 18.0 Å². The molecule has 1 unspecified atom stereocenters. The first-order chi connectivity index (χ1) is 9.08. The van der Waals surface area contributed by atoms with Gasteiger partial charge in [0.15, 0.2) is 0 Å². The number of nitrogens with two attached hydrogens (primary N) is 1. The van der Waals surface area contributed by atoms with Crippen molar-refractivity contribution in [1.82, 2.24) is 4.98 Å². The Morgan fingerprint density at radius 1 is 1.42 bits per heavy atom. The van der Waals surface area contributed by atoms with Crippen LogP contribution in [0.1, 0.15) is 24.1 Å². The summed E-state index contributed by atoms with van der Waals surface area (Å²) in [4.78, 5) is 4.50. The summed E-state index contributed by atoms with van der Waals surface area (Å²) >= 11 is 8.51. The van der Waals surface area contributed by atoms with Gasteiger partial charge in [-0.2, -0.15) is 0 Å². The van der Waals surface area contributed by atoms with Crippen LogP contribution in [0.2, 0.25) is 0 Å². The molecule has 0 aliphatic carbocycles. The van der Waals surface area contributed by atoms with Crippen LogP contribution in [-0.4, -0.2) is 9.97 Å². The predicted molar refractivity (Wildman–Crippen MR) is 86.3 cm³/mol. The van der Waals surface area contributed by atoms with E-state index in [9.17, 15) is 0 Å². The monoisotopic (exact) mass is 335 g/mol. The number of nitrogens with zero attached hydrogens (tertiary/aromatic N) is 1. The number of hydrogen-bond donors (Lipinski definition) is 2. The van der Waals surface area contributed by atoms with Crippen LogP contribution in [0, 0.1) is 0 Å². The van der Waals surface area contributed by atoms with Crippen molar-refractivity contribution < 1.29 is 0 Å². The molecule has 0 aliphatic rings. The summed E-state index contributed by atoms with van der Waals surface area (Å²) in [6.45, 7) is 2.07. The number of benzene rings is 1. The summed E-state index contributed by atoms with van der Waals surface area (Å²) in [5.41, 5.74) is 8.62. The standard InChI is InChI=1S/C14H14BrN3S/c1-9(10-3-2-6-17-8-10)18-13-5-4-11(15)7-12(13)14(16)19/h2-9,18H,1H3,(H2,16,19). The van der Waals surface area contributed by atoms with E-state index in [1.54, 1.807) is 6.20 Å². The zero-order chi connectivity index (χ0) is 13.8. The van der Waals surface area contributed by atoms with Crippen molar-refractivity contribution in [3.63, 3.8) is 0 Å². The highest BCUT2D eigenvalue weighted by Crippen LogP contribution is 2.25. The molecule has 0 saturated carbocycles. The molecule has 0 aliphatic heterocycles. The number of halogens is 1. The van der Waals surface area contributed by atoms with Gasteiger partial charge in [0.1, 0.15) is 4.99 Å². The van der Waals surface area contributed by atoms with Gasteiger partial charge in [0.2, 0.25) is 0 Å². The molecule has 0 bridgehead atoms. The molecule has 0 spiro atoms. The molecule has 2 aromatic rings. The van der Waals surface area contributed by atoms with E-state index >= 15 is 0 Å². The van der Waals surface area contributed by atoms with Crippen LogP contribution in [0.3, 0.4) is 0 Å². The Balaban J connectivity index is 2.26. The van der Waals surface area contributed by atoms with Crippen LogP contribution in [0.5, 0.6) is 0 Å². The van der Waals surface area contributed by atoms with Gasteiger partial charge in [-0.15, -0.1) is 0 Å². The second kappa shape index (κ2) is 6.12. The van der Waals surface area contributed by atoms with Crippen molar-refractivity contribution >= 4 is 38.8 Å². The molecule has 3 nitrogen and oxygen atoms in total. The molecule has 0 amide bonds. The highest BCUT2D eigenvalue weighted by Gasteiger charge is 2.10. The van der Waals surface area contributed by atoms with Crippen LogP contribution >= 0.6 is 28.1 Å². The summed E-state index contributed by atoms with van der Waals surface area (Å²) in [5, 5.41) is 3.41. The van der Waals surface area contributed by atoms with E-state index in [0.717, 1.165) is 21.3 Å². The van der Waals surface area contributed by atoms with E-state index in [0.29, 0.717) is 4.99 Å². The molecule has 1 heterocycles. The Morgan fingerprint density at radius 3 is 2.84 bits per heavy atom. The smallest absolute Gasteiger partial charge is 0.106 e. The lowest BCUT2D eigenvalue weighted by Crippen LogP contribution is -2.15. The molecule has 3 N–H and O–H groups in total. The van der Waals surface area contributed by atoms with Gasteiger partial charge in [0.05, 0.1) is 6.04 Å². The van der Waals surface area contributed by atoms with Gasteiger partial charge in [0.25, 0.3) is 0 Å². The lowest BCUT2D eigenvalue weighted by Gasteiger charge is -2.18. The summed E-state index contributed by atoms with van der Waals surface area (Å²) in [5.74, 6) is 0. The first kappa shape index (κ1) is 14.0. The molecule has 0 saturated heterocycles. The molecule has 1 atom stereocenters.